The molecule has 25 heavy (non-hydrogen) atoms. The highest BCUT2D eigenvalue weighted by atomic mass is 16.5. The Labute approximate surface area is 144 Å². The van der Waals surface area contributed by atoms with E-state index >= 15 is 0 Å². The van der Waals surface area contributed by atoms with Crippen LogP contribution in [-0.4, -0.2) is 50.9 Å². The number of nitrogens with one attached hydrogen (secondary N) is 1. The molecule has 0 aliphatic carbocycles. The minimum Gasteiger partial charge on any atom is -0.378 e. The number of rotatable bonds is 3. The normalized spacial score (nSPS) is 15.2. The van der Waals surface area contributed by atoms with Gasteiger partial charge in [-0.25, -0.2) is 15.0 Å². The molecule has 8 nitrogen and oxygen atoms in total. The van der Waals surface area contributed by atoms with Crippen molar-refractivity contribution < 1.29 is 4.74 Å². The topological polar surface area (TPSA) is 88.4 Å². The molecule has 8 heteroatoms. The summed E-state index contributed by atoms with van der Waals surface area (Å²) in [5.74, 6) is 1.31. The van der Waals surface area contributed by atoms with Crippen LogP contribution in [0, 0.1) is 0 Å². The highest BCUT2D eigenvalue weighted by Crippen LogP contribution is 2.26. The Kier molecular flexibility index (Phi) is 3.96. The number of aromatic amines is 1. The minimum absolute atomic E-state index is 0.0362. The van der Waals surface area contributed by atoms with Crippen LogP contribution in [0.3, 0.4) is 0 Å². The van der Waals surface area contributed by atoms with E-state index in [2.05, 4.69) is 25.0 Å². The summed E-state index contributed by atoms with van der Waals surface area (Å²) in [4.78, 5) is 28.2. The smallest absolute Gasteiger partial charge is 0.278 e. The second-order valence-corrected chi connectivity index (χ2v) is 6.36. The summed E-state index contributed by atoms with van der Waals surface area (Å²) in [7, 11) is 0. The molecule has 0 amide bonds. The van der Waals surface area contributed by atoms with E-state index in [1.807, 2.05) is 26.0 Å². The summed E-state index contributed by atoms with van der Waals surface area (Å²) < 4.78 is 6.75. The molecule has 1 aliphatic heterocycles. The second-order valence-electron chi connectivity index (χ2n) is 6.36. The van der Waals surface area contributed by atoms with Crippen LogP contribution in [0.5, 0.6) is 0 Å². The lowest BCUT2D eigenvalue weighted by molar-refractivity contribution is 0.122. The Morgan fingerprint density at radius 1 is 1.20 bits per heavy atom. The Balaban J connectivity index is 1.78. The van der Waals surface area contributed by atoms with Gasteiger partial charge in [0.25, 0.3) is 11.3 Å². The number of aromatic nitrogens is 5. The molecule has 4 rings (SSSR count). The van der Waals surface area contributed by atoms with Crippen molar-refractivity contribution in [1.82, 2.24) is 24.6 Å². The van der Waals surface area contributed by atoms with Gasteiger partial charge < -0.3 is 9.64 Å². The average molecular weight is 340 g/mol. The number of pyridine rings is 1. The van der Waals surface area contributed by atoms with E-state index in [1.165, 1.54) is 10.8 Å². The van der Waals surface area contributed by atoms with Gasteiger partial charge in [0.15, 0.2) is 0 Å². The molecule has 0 aromatic carbocycles. The molecule has 0 unspecified atom stereocenters. The zero-order chi connectivity index (χ0) is 17.4. The van der Waals surface area contributed by atoms with Gasteiger partial charge in [0.05, 0.1) is 18.9 Å². The fourth-order valence-electron chi connectivity index (χ4n) is 3.12. The van der Waals surface area contributed by atoms with Gasteiger partial charge in [0.1, 0.15) is 12.1 Å². The Morgan fingerprint density at radius 3 is 2.68 bits per heavy atom. The van der Waals surface area contributed by atoms with E-state index in [4.69, 9.17) is 4.74 Å². The Hall–Kier alpha value is -2.74. The van der Waals surface area contributed by atoms with E-state index < -0.39 is 0 Å². The summed E-state index contributed by atoms with van der Waals surface area (Å²) in [5.41, 5.74) is 2.00. The van der Waals surface area contributed by atoms with Crippen LogP contribution in [0.25, 0.3) is 17.0 Å². The second kappa shape index (κ2) is 6.29. The predicted molar refractivity (Wildman–Crippen MR) is 94.0 cm³/mol. The molecule has 1 aliphatic rings. The number of H-pyrrole nitrogens is 1. The maximum absolute atomic E-state index is 12.7. The lowest BCUT2D eigenvalue weighted by Gasteiger charge is -2.27. The van der Waals surface area contributed by atoms with Crippen LogP contribution in [0.1, 0.15) is 25.3 Å². The van der Waals surface area contributed by atoms with Gasteiger partial charge in [0, 0.05) is 30.4 Å². The number of hydrogen-bond acceptors (Lipinski definition) is 6. The first kappa shape index (κ1) is 15.8. The summed E-state index contributed by atoms with van der Waals surface area (Å²) >= 11 is 0. The van der Waals surface area contributed by atoms with Crippen molar-refractivity contribution in [3.05, 3.63) is 40.6 Å². The van der Waals surface area contributed by atoms with Crippen molar-refractivity contribution in [3.63, 3.8) is 0 Å². The van der Waals surface area contributed by atoms with Crippen LogP contribution >= 0.6 is 0 Å². The third kappa shape index (κ3) is 2.78. The van der Waals surface area contributed by atoms with Gasteiger partial charge in [0.2, 0.25) is 0 Å². The Bertz CT molecular complexity index is 938. The first-order valence-corrected chi connectivity index (χ1v) is 8.40. The molecule has 1 N–H and O–H groups in total. The van der Waals surface area contributed by atoms with Crippen LogP contribution in [0.15, 0.2) is 29.5 Å². The molecule has 1 fully saturated rings. The third-order valence-electron chi connectivity index (χ3n) is 4.40. The number of nitrogens with zero attached hydrogens (tertiary/aromatic N) is 5. The molecule has 0 atom stereocenters. The lowest BCUT2D eigenvalue weighted by Crippen LogP contribution is -2.36. The zero-order valence-electron chi connectivity index (χ0n) is 14.3. The largest absolute Gasteiger partial charge is 0.378 e. The van der Waals surface area contributed by atoms with E-state index in [0.29, 0.717) is 17.0 Å². The SMILES string of the molecule is CC(C)c1c(-c2ccc(N3CCOCC3)nc2)nc2nc[nH]n2c1=O. The van der Waals surface area contributed by atoms with Crippen molar-refractivity contribution in [2.24, 2.45) is 0 Å². The molecular formula is C17H20N6O2. The minimum atomic E-state index is -0.121. The molecule has 3 aromatic heterocycles. The summed E-state index contributed by atoms with van der Waals surface area (Å²) in [6, 6.07) is 3.94. The van der Waals surface area contributed by atoms with Crippen molar-refractivity contribution in [2.75, 3.05) is 31.2 Å². The third-order valence-corrected chi connectivity index (χ3v) is 4.40. The summed E-state index contributed by atoms with van der Waals surface area (Å²) in [6.45, 7) is 7.08. The van der Waals surface area contributed by atoms with Gasteiger partial charge in [-0.05, 0) is 18.1 Å². The zero-order valence-corrected chi connectivity index (χ0v) is 14.3. The summed E-state index contributed by atoms with van der Waals surface area (Å²) in [5, 5.41) is 2.81. The van der Waals surface area contributed by atoms with Crippen LogP contribution in [-0.2, 0) is 4.74 Å². The monoisotopic (exact) mass is 340 g/mol. The maximum Gasteiger partial charge on any atom is 0.278 e. The first-order chi connectivity index (χ1) is 12.1. The van der Waals surface area contributed by atoms with Crippen molar-refractivity contribution in [2.45, 2.75) is 19.8 Å². The van der Waals surface area contributed by atoms with Gasteiger partial charge in [-0.15, -0.1) is 0 Å². The number of ether oxygens (including phenoxy) is 1. The number of anilines is 1. The van der Waals surface area contributed by atoms with E-state index in [1.54, 1.807) is 6.20 Å². The van der Waals surface area contributed by atoms with E-state index in [0.717, 1.165) is 37.7 Å². The number of morpholine rings is 1. The number of fused-ring (bicyclic) bond motifs is 1. The highest BCUT2D eigenvalue weighted by molar-refractivity contribution is 5.65. The van der Waals surface area contributed by atoms with Crippen molar-refractivity contribution >= 4 is 11.6 Å². The fraction of sp³-hybridized carbons (Fsp3) is 0.412. The molecule has 130 valence electrons. The maximum atomic E-state index is 12.7. The lowest BCUT2D eigenvalue weighted by atomic mass is 9.99. The van der Waals surface area contributed by atoms with E-state index in [9.17, 15) is 4.79 Å². The predicted octanol–water partition coefficient (Wildman–Crippen LogP) is 1.44. The van der Waals surface area contributed by atoms with Gasteiger partial charge in [-0.1, -0.05) is 13.8 Å². The highest BCUT2D eigenvalue weighted by Gasteiger charge is 2.19. The molecule has 0 spiro atoms. The molecule has 0 saturated carbocycles. The average Bonchev–Trinajstić information content (AvgIpc) is 3.11. The molecule has 0 radical (unpaired) electrons. The fourth-order valence-corrected chi connectivity index (χ4v) is 3.12. The molecule has 0 bridgehead atoms. The van der Waals surface area contributed by atoms with Crippen molar-refractivity contribution in [1.29, 1.82) is 0 Å². The van der Waals surface area contributed by atoms with Crippen LogP contribution in [0.4, 0.5) is 5.82 Å². The molecule has 4 heterocycles. The summed E-state index contributed by atoms with van der Waals surface area (Å²) in [6.07, 6.45) is 3.25. The standard InChI is InChI=1S/C17H20N6O2/c1-11(2)14-15(21-17-19-10-20-23(17)16(14)24)12-3-4-13(18-9-12)22-5-7-25-8-6-22/h3-4,9-11H,5-8H2,1-2H3,(H,19,20,21). The van der Waals surface area contributed by atoms with Crippen molar-refractivity contribution in [3.8, 4) is 11.3 Å². The van der Waals surface area contributed by atoms with Gasteiger partial charge in [-0.2, -0.15) is 4.52 Å². The first-order valence-electron chi connectivity index (χ1n) is 8.40. The quantitative estimate of drug-likeness (QED) is 0.776. The molecule has 3 aromatic rings. The van der Waals surface area contributed by atoms with Crippen LogP contribution in [0.2, 0.25) is 0 Å². The molecular weight excluding hydrogens is 320 g/mol. The Morgan fingerprint density at radius 2 is 2.00 bits per heavy atom. The molecule has 1 saturated heterocycles. The van der Waals surface area contributed by atoms with Gasteiger partial charge >= 0.3 is 0 Å². The van der Waals surface area contributed by atoms with Gasteiger partial charge in [-0.3, -0.25) is 9.89 Å². The van der Waals surface area contributed by atoms with E-state index in [-0.39, 0.29) is 11.5 Å². The van der Waals surface area contributed by atoms with Crippen LogP contribution < -0.4 is 10.5 Å². The number of hydrogen-bond donors (Lipinski definition) is 1.